The Morgan fingerprint density at radius 1 is 1.23 bits per heavy atom. The van der Waals surface area contributed by atoms with Gasteiger partial charge < -0.3 is 5.32 Å². The smallest absolute Gasteiger partial charge is 0.274 e. The van der Waals surface area contributed by atoms with E-state index in [1.165, 1.54) is 24.7 Å². The summed E-state index contributed by atoms with van der Waals surface area (Å²) in [6, 6.07) is 11.7. The molecule has 0 atom stereocenters. The summed E-state index contributed by atoms with van der Waals surface area (Å²) >= 11 is 5.99. The van der Waals surface area contributed by atoms with Crippen molar-refractivity contribution in [2.75, 3.05) is 5.32 Å². The van der Waals surface area contributed by atoms with Gasteiger partial charge in [0.1, 0.15) is 5.69 Å². The topological polar surface area (TPSA) is 81.1 Å². The Morgan fingerprint density at radius 2 is 2.04 bits per heavy atom. The van der Waals surface area contributed by atoms with E-state index in [1.807, 2.05) is 6.92 Å². The number of aryl methyl sites for hydroxylation is 1. The van der Waals surface area contributed by atoms with Gasteiger partial charge in [0, 0.05) is 23.6 Å². The molecule has 0 spiro atoms. The lowest BCUT2D eigenvalue weighted by molar-refractivity contribution is 0.102. The van der Waals surface area contributed by atoms with Crippen LogP contribution in [-0.4, -0.2) is 23.3 Å². The molecule has 3 aromatic rings. The summed E-state index contributed by atoms with van der Waals surface area (Å²) in [7, 11) is -3.64. The Hall–Kier alpha value is -2.64. The minimum absolute atomic E-state index is 0.198. The molecule has 3 rings (SSSR count). The zero-order chi connectivity index (χ0) is 18.7. The Bertz CT molecular complexity index is 1030. The highest BCUT2D eigenvalue weighted by atomic mass is 35.5. The molecule has 2 aromatic heterocycles. The summed E-state index contributed by atoms with van der Waals surface area (Å²) in [6.07, 6.45) is 4.26. The first-order valence-electron chi connectivity index (χ1n) is 7.73. The molecule has 0 bridgehead atoms. The molecule has 6 nitrogen and oxygen atoms in total. The van der Waals surface area contributed by atoms with E-state index in [1.54, 1.807) is 36.4 Å². The van der Waals surface area contributed by atoms with Gasteiger partial charge in [0.2, 0.25) is 10.0 Å². The highest BCUT2D eigenvalue weighted by Crippen LogP contribution is 2.19. The normalized spacial score (nSPS) is 11.3. The van der Waals surface area contributed by atoms with Gasteiger partial charge in [-0.1, -0.05) is 23.7 Å². The highest BCUT2D eigenvalue weighted by Gasteiger charge is 2.16. The fourth-order valence-electron chi connectivity index (χ4n) is 2.50. The van der Waals surface area contributed by atoms with Crippen molar-refractivity contribution in [2.24, 2.45) is 0 Å². The van der Waals surface area contributed by atoms with Gasteiger partial charge >= 0.3 is 0 Å². The molecule has 1 aromatic carbocycles. The van der Waals surface area contributed by atoms with E-state index in [2.05, 4.69) is 10.3 Å². The monoisotopic (exact) mass is 389 g/mol. The third kappa shape index (κ3) is 4.30. The number of pyridine rings is 1. The summed E-state index contributed by atoms with van der Waals surface area (Å²) in [6.45, 7) is 1.85. The third-order valence-electron chi connectivity index (χ3n) is 3.59. The van der Waals surface area contributed by atoms with Crippen LogP contribution in [0.1, 0.15) is 21.6 Å². The molecule has 1 amide bonds. The number of anilines is 1. The lowest BCUT2D eigenvalue weighted by atomic mass is 10.2. The molecule has 134 valence electrons. The van der Waals surface area contributed by atoms with Crippen LogP contribution in [0, 0.1) is 6.92 Å². The predicted octanol–water partition coefficient (Wildman–Crippen LogP) is 3.48. The Morgan fingerprint density at radius 3 is 2.73 bits per heavy atom. The van der Waals surface area contributed by atoms with Crippen molar-refractivity contribution in [3.63, 3.8) is 0 Å². The first-order chi connectivity index (χ1) is 12.3. The van der Waals surface area contributed by atoms with E-state index >= 15 is 0 Å². The molecule has 0 saturated heterocycles. The van der Waals surface area contributed by atoms with Gasteiger partial charge in [-0.3, -0.25) is 13.8 Å². The number of hydrogen-bond donors (Lipinski definition) is 1. The second-order valence-electron chi connectivity index (χ2n) is 5.79. The van der Waals surface area contributed by atoms with Crippen molar-refractivity contribution in [1.82, 2.24) is 8.96 Å². The van der Waals surface area contributed by atoms with Crippen molar-refractivity contribution >= 4 is 33.2 Å². The number of carbonyl (C=O) groups is 1. The maximum atomic E-state index is 12.6. The molecule has 0 aliphatic rings. The number of rotatable bonds is 5. The molecule has 0 fully saturated rings. The fraction of sp³-hybridized carbons (Fsp3) is 0.111. The quantitative estimate of drug-likeness (QED) is 0.724. The number of nitrogens with one attached hydrogen (secondary N) is 1. The molecule has 8 heteroatoms. The lowest BCUT2D eigenvalue weighted by Crippen LogP contribution is -2.15. The van der Waals surface area contributed by atoms with Gasteiger partial charge in [-0.2, -0.15) is 0 Å². The second kappa shape index (κ2) is 7.31. The van der Waals surface area contributed by atoms with Crippen molar-refractivity contribution in [1.29, 1.82) is 0 Å². The molecule has 2 heterocycles. The number of benzene rings is 1. The SMILES string of the molecule is Cc1cc(Cl)cc(CS(=O)(=O)n2ccc(NC(=O)c3ccccn3)c2)c1. The highest BCUT2D eigenvalue weighted by molar-refractivity contribution is 7.89. The predicted molar refractivity (Wildman–Crippen MR) is 101 cm³/mol. The molecule has 0 unspecified atom stereocenters. The van der Waals surface area contributed by atoms with Crippen molar-refractivity contribution in [3.8, 4) is 0 Å². The molecule has 0 radical (unpaired) electrons. The lowest BCUT2D eigenvalue weighted by Gasteiger charge is -2.07. The van der Waals surface area contributed by atoms with Crippen LogP contribution in [0.5, 0.6) is 0 Å². The van der Waals surface area contributed by atoms with E-state index < -0.39 is 15.9 Å². The maximum Gasteiger partial charge on any atom is 0.274 e. The number of halogens is 1. The molecule has 0 saturated carbocycles. The second-order valence-corrected chi connectivity index (χ2v) is 8.10. The maximum absolute atomic E-state index is 12.6. The van der Waals surface area contributed by atoms with Crippen LogP contribution in [0.2, 0.25) is 5.02 Å². The van der Waals surface area contributed by atoms with Crippen LogP contribution < -0.4 is 5.32 Å². The van der Waals surface area contributed by atoms with E-state index in [0.29, 0.717) is 16.3 Å². The van der Waals surface area contributed by atoms with Crippen LogP contribution in [0.25, 0.3) is 0 Å². The minimum atomic E-state index is -3.64. The third-order valence-corrected chi connectivity index (χ3v) is 5.38. The molecule has 0 aliphatic heterocycles. The number of carbonyl (C=O) groups excluding carboxylic acids is 1. The van der Waals surface area contributed by atoms with Crippen LogP contribution >= 0.6 is 11.6 Å². The summed E-state index contributed by atoms with van der Waals surface area (Å²) in [4.78, 5) is 16.0. The van der Waals surface area contributed by atoms with Gasteiger partial charge in [0.15, 0.2) is 0 Å². The average Bonchev–Trinajstić information content (AvgIpc) is 3.03. The minimum Gasteiger partial charge on any atom is -0.319 e. The van der Waals surface area contributed by atoms with Gasteiger partial charge in [-0.05, 0) is 48.4 Å². The first kappa shape index (κ1) is 18.2. The Balaban J connectivity index is 1.76. The molecular formula is C18H16ClN3O3S. The zero-order valence-electron chi connectivity index (χ0n) is 13.9. The van der Waals surface area contributed by atoms with Crippen molar-refractivity contribution in [2.45, 2.75) is 12.7 Å². The van der Waals surface area contributed by atoms with Gasteiger partial charge in [0.25, 0.3) is 5.91 Å². The van der Waals surface area contributed by atoms with E-state index in [9.17, 15) is 13.2 Å². The number of nitrogens with zero attached hydrogens (tertiary/aromatic N) is 2. The van der Waals surface area contributed by atoms with Gasteiger partial charge in [0.05, 0.1) is 11.4 Å². The van der Waals surface area contributed by atoms with Crippen LogP contribution in [0.15, 0.2) is 61.1 Å². The summed E-state index contributed by atoms with van der Waals surface area (Å²) in [5.41, 5.74) is 2.10. The zero-order valence-corrected chi connectivity index (χ0v) is 15.5. The number of amides is 1. The van der Waals surface area contributed by atoms with Gasteiger partial charge in [-0.15, -0.1) is 0 Å². The molecule has 26 heavy (non-hydrogen) atoms. The summed E-state index contributed by atoms with van der Waals surface area (Å²) < 4.78 is 26.3. The number of hydrogen-bond acceptors (Lipinski definition) is 4. The van der Waals surface area contributed by atoms with Gasteiger partial charge in [-0.25, -0.2) is 8.42 Å². The first-order valence-corrected chi connectivity index (χ1v) is 9.72. The van der Waals surface area contributed by atoms with E-state index in [-0.39, 0.29) is 11.4 Å². The molecule has 1 N–H and O–H groups in total. The number of aromatic nitrogens is 2. The largest absolute Gasteiger partial charge is 0.319 e. The van der Waals surface area contributed by atoms with E-state index in [4.69, 9.17) is 11.6 Å². The van der Waals surface area contributed by atoms with Crippen LogP contribution in [0.4, 0.5) is 5.69 Å². The average molecular weight is 390 g/mol. The Labute approximate surface area is 156 Å². The summed E-state index contributed by atoms with van der Waals surface area (Å²) in [5.74, 6) is -0.609. The molecule has 0 aliphatic carbocycles. The van der Waals surface area contributed by atoms with Crippen molar-refractivity contribution in [3.05, 3.63) is 82.9 Å². The Kier molecular flexibility index (Phi) is 5.11. The fourth-order valence-corrected chi connectivity index (χ4v) is 4.07. The molecular weight excluding hydrogens is 374 g/mol. The van der Waals surface area contributed by atoms with Crippen molar-refractivity contribution < 1.29 is 13.2 Å². The standard InChI is InChI=1S/C18H16ClN3O3S/c1-13-8-14(10-15(19)9-13)12-26(24,25)22-7-5-16(11-22)21-18(23)17-4-2-3-6-20-17/h2-11H,12H2,1H3,(H,21,23). The summed E-state index contributed by atoms with van der Waals surface area (Å²) in [5, 5.41) is 3.12. The van der Waals surface area contributed by atoms with Crippen LogP contribution in [-0.2, 0) is 15.8 Å². The van der Waals surface area contributed by atoms with Crippen LogP contribution in [0.3, 0.4) is 0 Å². The van der Waals surface area contributed by atoms with E-state index in [0.717, 1.165) is 9.54 Å².